The molecule has 11 N–H and O–H groups in total. The molecule has 5 aliphatic heterocycles. The smallest absolute Gasteiger partial charge is 0.364 e. The second kappa shape index (κ2) is 17.1. The normalized spacial score (nSPS) is 45.6. The first kappa shape index (κ1) is 43.6. The van der Waals surface area contributed by atoms with Crippen molar-refractivity contribution in [3.63, 3.8) is 0 Å². The van der Waals surface area contributed by atoms with Gasteiger partial charge in [-0.05, 0) is 26.7 Å². The molecule has 5 heterocycles. The number of aliphatic hydroxyl groups excluding tert-OH is 9. The summed E-state index contributed by atoms with van der Waals surface area (Å²) in [7, 11) is 0. The zero-order chi connectivity index (χ0) is 40.7. The van der Waals surface area contributed by atoms with E-state index in [9.17, 15) is 70.2 Å². The number of Topliss-reactive ketones (excluding diaryl/α,β-unsaturated/α-hetero) is 1. The first-order valence-corrected chi connectivity index (χ1v) is 18.1. The number of ketones is 1. The highest BCUT2D eigenvalue weighted by molar-refractivity contribution is 5.87. The summed E-state index contributed by atoms with van der Waals surface area (Å²) < 4.78 is 34.0. The summed E-state index contributed by atoms with van der Waals surface area (Å²) in [6, 6.07) is -2.04. The number of aliphatic carboxylic acids is 1. The van der Waals surface area contributed by atoms with Gasteiger partial charge in [-0.25, -0.2) is 4.79 Å². The van der Waals surface area contributed by atoms with Gasteiger partial charge in [0.15, 0.2) is 6.29 Å². The van der Waals surface area contributed by atoms with Gasteiger partial charge in [0, 0.05) is 26.2 Å². The van der Waals surface area contributed by atoms with Crippen molar-refractivity contribution in [2.75, 3.05) is 19.8 Å². The van der Waals surface area contributed by atoms with Gasteiger partial charge in [-0.3, -0.25) is 14.4 Å². The van der Waals surface area contributed by atoms with Crippen molar-refractivity contribution >= 4 is 23.6 Å². The Morgan fingerprint density at radius 2 is 1.73 bits per heavy atom. The van der Waals surface area contributed by atoms with Crippen molar-refractivity contribution in [3.8, 4) is 0 Å². The lowest BCUT2D eigenvalue weighted by Crippen LogP contribution is -2.69. The molecular weight excluding hydrogens is 744 g/mol. The molecule has 0 bridgehead atoms. The Bertz CT molecular complexity index is 1410. The highest BCUT2D eigenvalue weighted by Crippen LogP contribution is 2.44. The Morgan fingerprint density at radius 3 is 2.35 bits per heavy atom. The highest BCUT2D eigenvalue weighted by Gasteiger charge is 2.60. The van der Waals surface area contributed by atoms with Gasteiger partial charge in [0.25, 0.3) is 11.7 Å². The van der Waals surface area contributed by atoms with Crippen LogP contribution in [0.5, 0.6) is 0 Å². The number of amides is 2. The molecule has 0 aromatic carbocycles. The zero-order valence-electron chi connectivity index (χ0n) is 30.4. The van der Waals surface area contributed by atoms with Crippen LogP contribution in [0, 0.1) is 0 Å². The Kier molecular flexibility index (Phi) is 13.6. The van der Waals surface area contributed by atoms with E-state index in [-0.39, 0.29) is 13.0 Å². The second-order valence-corrected chi connectivity index (χ2v) is 15.1. The maximum atomic E-state index is 14.1. The van der Waals surface area contributed by atoms with Crippen LogP contribution in [-0.2, 0) is 47.6 Å². The number of carbonyl (C=O) groups is 4. The van der Waals surface area contributed by atoms with Crippen molar-refractivity contribution in [1.82, 2.24) is 10.2 Å². The average Bonchev–Trinajstić information content (AvgIpc) is 3.48. The molecule has 0 aromatic heterocycles. The lowest BCUT2D eigenvalue weighted by atomic mass is 9.84. The van der Waals surface area contributed by atoms with E-state index in [4.69, 9.17) is 28.4 Å². The standard InChI is InChI=1S/C33H52N2O20/c1-12-22(42)24(44)25(45)29(51-12)50-11-14-4-5-32(3)20(41)7-18(28(47)35(14)32)52-30-26(46)27(23(43)19(10-37)53-30)55-33(31(48)49)8-16(40)21(34-13(2)38)17(54-33)6-15(39)9-36/h12,14-24,26-27,29-30,36-37,39-44,46H,4-11H2,1-3H3,(H,34,38)(H,48,49). The average molecular weight is 797 g/mol. The molecule has 5 saturated heterocycles. The van der Waals surface area contributed by atoms with Crippen LogP contribution in [0.4, 0.5) is 0 Å². The van der Waals surface area contributed by atoms with E-state index in [1.54, 1.807) is 6.92 Å². The van der Waals surface area contributed by atoms with E-state index in [0.29, 0.717) is 12.8 Å². The first-order valence-electron chi connectivity index (χ1n) is 18.1. The predicted octanol–water partition coefficient (Wildman–Crippen LogP) is -6.06. The van der Waals surface area contributed by atoms with E-state index >= 15 is 0 Å². The quantitative estimate of drug-likeness (QED) is 0.0826. The lowest BCUT2D eigenvalue weighted by Gasteiger charge is -2.51. The second-order valence-electron chi connectivity index (χ2n) is 15.1. The van der Waals surface area contributed by atoms with Gasteiger partial charge in [-0.1, -0.05) is 0 Å². The van der Waals surface area contributed by atoms with Gasteiger partial charge in [-0.2, -0.15) is 0 Å². The largest absolute Gasteiger partial charge is 0.477 e. The van der Waals surface area contributed by atoms with Gasteiger partial charge >= 0.3 is 5.97 Å². The summed E-state index contributed by atoms with van der Waals surface area (Å²) in [5, 5.41) is 107. The molecule has 22 nitrogen and oxygen atoms in total. The summed E-state index contributed by atoms with van der Waals surface area (Å²) in [5.74, 6) is -6.97. The van der Waals surface area contributed by atoms with Crippen LogP contribution >= 0.6 is 0 Å². The number of ether oxygens (including phenoxy) is 6. The number of carbonyl (C=O) groups excluding carboxylic acids is 3. The van der Waals surface area contributed by atoms with Crippen molar-refractivity contribution in [3.05, 3.63) is 0 Å². The predicted molar refractivity (Wildman–Crippen MR) is 175 cm³/mol. The number of rotatable bonds is 13. The van der Waals surface area contributed by atoms with E-state index in [1.807, 2.05) is 0 Å². The summed E-state index contributed by atoms with van der Waals surface area (Å²) in [6.07, 6.45) is -23.8. The number of aliphatic hydroxyl groups is 9. The van der Waals surface area contributed by atoms with E-state index in [1.165, 1.54) is 11.8 Å². The van der Waals surface area contributed by atoms with Gasteiger partial charge in [0.2, 0.25) is 18.0 Å². The van der Waals surface area contributed by atoms with E-state index < -0.39 is 159 Å². The molecular formula is C33H52N2O20. The van der Waals surface area contributed by atoms with Gasteiger partial charge in [0.05, 0.1) is 68.0 Å². The minimum absolute atomic E-state index is 0.286. The number of carboxylic acids is 1. The summed E-state index contributed by atoms with van der Waals surface area (Å²) in [4.78, 5) is 52.5. The van der Waals surface area contributed by atoms with Crippen molar-refractivity contribution in [2.45, 2.75) is 162 Å². The first-order chi connectivity index (χ1) is 25.8. The Morgan fingerprint density at radius 1 is 1.04 bits per heavy atom. The molecule has 5 fully saturated rings. The third-order valence-corrected chi connectivity index (χ3v) is 11.2. The number of hydrogen-bond acceptors (Lipinski definition) is 19. The summed E-state index contributed by atoms with van der Waals surface area (Å²) in [5.41, 5.74) is -1.13. The Labute approximate surface area is 314 Å². The molecule has 314 valence electrons. The SMILES string of the molecule is CC(=O)NC1C(O)CC(OC2C(O)C(CO)OC(OC3CC(O)C4(C)CCC(COC5OC(C)C(O)C(O)C5=O)N4C3=O)C2O)(C(=O)O)OC1CC(O)CO. The number of fused-ring (bicyclic) bond motifs is 1. The molecule has 5 aliphatic rings. The molecule has 2 amide bonds. The number of hydrogen-bond donors (Lipinski definition) is 11. The molecule has 0 spiro atoms. The Hall–Kier alpha value is -2.52. The molecule has 22 heteroatoms. The van der Waals surface area contributed by atoms with E-state index in [2.05, 4.69) is 5.32 Å². The maximum absolute atomic E-state index is 14.1. The Balaban J connectivity index is 1.34. The van der Waals surface area contributed by atoms with Crippen LogP contribution in [0.15, 0.2) is 0 Å². The van der Waals surface area contributed by atoms with Crippen LogP contribution in [0.3, 0.4) is 0 Å². The van der Waals surface area contributed by atoms with Crippen LogP contribution in [0.1, 0.15) is 52.9 Å². The number of nitrogens with zero attached hydrogens (tertiary/aromatic N) is 1. The number of piperidine rings is 1. The lowest BCUT2D eigenvalue weighted by molar-refractivity contribution is -0.368. The minimum atomic E-state index is -2.86. The molecule has 0 aromatic rings. The maximum Gasteiger partial charge on any atom is 0.364 e. The number of nitrogens with one attached hydrogen (secondary N) is 1. The molecule has 18 atom stereocenters. The fourth-order valence-electron chi connectivity index (χ4n) is 8.02. The van der Waals surface area contributed by atoms with Crippen LogP contribution in [0.25, 0.3) is 0 Å². The topological polar surface area (TPSA) is 341 Å². The van der Waals surface area contributed by atoms with Crippen LogP contribution < -0.4 is 5.32 Å². The highest BCUT2D eigenvalue weighted by atomic mass is 16.8. The summed E-state index contributed by atoms with van der Waals surface area (Å²) in [6.45, 7) is 2.19. The fourth-order valence-corrected chi connectivity index (χ4v) is 8.02. The minimum Gasteiger partial charge on any atom is -0.477 e. The molecule has 0 radical (unpaired) electrons. The van der Waals surface area contributed by atoms with Crippen LogP contribution in [0.2, 0.25) is 0 Å². The van der Waals surface area contributed by atoms with Crippen molar-refractivity contribution in [2.24, 2.45) is 0 Å². The molecule has 5 rings (SSSR count). The monoisotopic (exact) mass is 796 g/mol. The van der Waals surface area contributed by atoms with Crippen molar-refractivity contribution < 1.29 is 98.7 Å². The van der Waals surface area contributed by atoms with E-state index in [0.717, 1.165) is 6.92 Å². The zero-order valence-corrected chi connectivity index (χ0v) is 30.4. The third kappa shape index (κ3) is 8.54. The molecule has 55 heavy (non-hydrogen) atoms. The molecule has 0 saturated carbocycles. The summed E-state index contributed by atoms with van der Waals surface area (Å²) >= 11 is 0. The molecule has 0 aliphatic carbocycles. The third-order valence-electron chi connectivity index (χ3n) is 11.2. The van der Waals surface area contributed by atoms with Gasteiger partial charge in [0.1, 0.15) is 42.7 Å². The van der Waals surface area contributed by atoms with Gasteiger partial charge < -0.3 is 89.7 Å². The van der Waals surface area contributed by atoms with Crippen LogP contribution in [-0.4, -0.2) is 209 Å². The number of carboxylic acid groups (broad SMARTS) is 1. The van der Waals surface area contributed by atoms with Gasteiger partial charge in [-0.15, -0.1) is 0 Å². The fraction of sp³-hybridized carbons (Fsp3) is 0.879. The van der Waals surface area contributed by atoms with Crippen molar-refractivity contribution in [1.29, 1.82) is 0 Å². The molecule has 18 unspecified atom stereocenters.